The molecule has 7 heteroatoms. The van der Waals surface area contributed by atoms with Gasteiger partial charge in [-0.3, -0.25) is 4.79 Å². The number of amides is 1. The van der Waals surface area contributed by atoms with Gasteiger partial charge in [0, 0.05) is 18.1 Å². The van der Waals surface area contributed by atoms with E-state index < -0.39 is 35.5 Å². The number of esters is 1. The largest absolute Gasteiger partial charge is 0.467 e. The van der Waals surface area contributed by atoms with Gasteiger partial charge in [-0.25, -0.2) is 18.0 Å². The molecule has 1 aliphatic rings. The summed E-state index contributed by atoms with van der Waals surface area (Å²) in [6, 6.07) is -0.601. The molecule has 0 bridgehead atoms. The summed E-state index contributed by atoms with van der Waals surface area (Å²) in [5.74, 6) is -4.53. The van der Waals surface area contributed by atoms with E-state index in [2.05, 4.69) is 4.74 Å². The number of rotatable bonds is 3. The second-order valence-corrected chi connectivity index (χ2v) is 4.85. The van der Waals surface area contributed by atoms with Gasteiger partial charge >= 0.3 is 5.97 Å². The lowest BCUT2D eigenvalue weighted by Crippen LogP contribution is -2.41. The quantitative estimate of drug-likeness (QED) is 0.636. The predicted molar refractivity (Wildman–Crippen MR) is 66.6 cm³/mol. The van der Waals surface area contributed by atoms with Gasteiger partial charge in [-0.1, -0.05) is 0 Å². The number of nitrogens with zero attached hydrogens (tertiary/aromatic N) is 1. The minimum atomic E-state index is -1.34. The highest BCUT2D eigenvalue weighted by Gasteiger charge is 2.40. The van der Waals surface area contributed by atoms with Crippen molar-refractivity contribution in [2.75, 3.05) is 7.11 Å². The van der Waals surface area contributed by atoms with Crippen LogP contribution in [0.2, 0.25) is 0 Å². The van der Waals surface area contributed by atoms with Crippen LogP contribution < -0.4 is 0 Å². The van der Waals surface area contributed by atoms with Crippen LogP contribution in [-0.2, 0) is 14.3 Å². The summed E-state index contributed by atoms with van der Waals surface area (Å²) in [6.45, 7) is 1.41. The summed E-state index contributed by atoms with van der Waals surface area (Å²) in [6.07, 6.45) is 0.332. The Labute approximate surface area is 119 Å². The van der Waals surface area contributed by atoms with Crippen molar-refractivity contribution in [2.24, 2.45) is 0 Å². The summed E-state index contributed by atoms with van der Waals surface area (Å²) in [5.41, 5.74) is -0.309. The number of hydrogen-bond acceptors (Lipinski definition) is 3. The molecule has 0 aromatic heterocycles. The first-order chi connectivity index (χ1) is 9.86. The number of benzene rings is 1. The standard InChI is InChI=1S/C14H14F3NO3/c1-7(9-5-8(15)6-10(16)13(9)17)18-11(14(20)21-2)3-4-12(18)19/h5-7,11H,3-4H2,1-2H3. The maximum atomic E-state index is 13.8. The zero-order valence-corrected chi connectivity index (χ0v) is 11.5. The lowest BCUT2D eigenvalue weighted by atomic mass is 10.0. The van der Waals surface area contributed by atoms with E-state index >= 15 is 0 Å². The van der Waals surface area contributed by atoms with Crippen LogP contribution in [0.4, 0.5) is 13.2 Å². The molecule has 1 aliphatic heterocycles. The molecule has 1 saturated heterocycles. The Balaban J connectivity index is 2.40. The van der Waals surface area contributed by atoms with Crippen molar-refractivity contribution in [3.63, 3.8) is 0 Å². The molecular weight excluding hydrogens is 287 g/mol. The molecule has 0 spiro atoms. The maximum Gasteiger partial charge on any atom is 0.328 e. The van der Waals surface area contributed by atoms with Gasteiger partial charge in [0.15, 0.2) is 11.6 Å². The Morgan fingerprint density at radius 3 is 2.67 bits per heavy atom. The van der Waals surface area contributed by atoms with Crippen LogP contribution in [-0.4, -0.2) is 29.9 Å². The molecule has 2 atom stereocenters. The third kappa shape index (κ3) is 2.72. The molecular formula is C14H14F3NO3. The lowest BCUT2D eigenvalue weighted by Gasteiger charge is -2.30. The van der Waals surface area contributed by atoms with Gasteiger partial charge in [0.25, 0.3) is 0 Å². The fraction of sp³-hybridized carbons (Fsp3) is 0.429. The Bertz CT molecular complexity index is 591. The number of methoxy groups -OCH3 is 1. The summed E-state index contributed by atoms with van der Waals surface area (Å²) in [5, 5.41) is 0. The second-order valence-electron chi connectivity index (χ2n) is 4.85. The van der Waals surface area contributed by atoms with E-state index in [9.17, 15) is 22.8 Å². The third-order valence-corrected chi connectivity index (χ3v) is 3.62. The smallest absolute Gasteiger partial charge is 0.328 e. The van der Waals surface area contributed by atoms with E-state index in [1.165, 1.54) is 14.0 Å². The second kappa shape index (κ2) is 5.75. The van der Waals surface area contributed by atoms with Gasteiger partial charge in [0.05, 0.1) is 13.2 Å². The minimum absolute atomic E-state index is 0.101. The van der Waals surface area contributed by atoms with Crippen LogP contribution in [0.25, 0.3) is 0 Å². The molecule has 114 valence electrons. The molecule has 2 rings (SSSR count). The molecule has 1 aromatic carbocycles. The fourth-order valence-electron chi connectivity index (χ4n) is 2.59. The van der Waals surface area contributed by atoms with Crippen LogP contribution in [0.3, 0.4) is 0 Å². The van der Waals surface area contributed by atoms with Crippen molar-refractivity contribution in [3.05, 3.63) is 35.1 Å². The summed E-state index contributed by atoms with van der Waals surface area (Å²) in [7, 11) is 1.18. The molecule has 0 aliphatic carbocycles. The van der Waals surface area contributed by atoms with Crippen molar-refractivity contribution in [1.29, 1.82) is 0 Å². The van der Waals surface area contributed by atoms with Crippen molar-refractivity contribution >= 4 is 11.9 Å². The van der Waals surface area contributed by atoms with Gasteiger partial charge in [-0.15, -0.1) is 0 Å². The highest BCUT2D eigenvalue weighted by atomic mass is 19.2. The third-order valence-electron chi connectivity index (χ3n) is 3.62. The van der Waals surface area contributed by atoms with Crippen LogP contribution >= 0.6 is 0 Å². The van der Waals surface area contributed by atoms with E-state index in [4.69, 9.17) is 0 Å². The number of hydrogen-bond donors (Lipinski definition) is 0. The molecule has 2 unspecified atom stereocenters. The lowest BCUT2D eigenvalue weighted by molar-refractivity contribution is -0.150. The normalized spacial score (nSPS) is 19.8. The summed E-state index contributed by atoms with van der Waals surface area (Å²) < 4.78 is 45.0. The number of carbonyl (C=O) groups excluding carboxylic acids is 2. The molecule has 0 radical (unpaired) electrons. The Morgan fingerprint density at radius 2 is 2.05 bits per heavy atom. The van der Waals surface area contributed by atoms with Gasteiger partial charge in [0.2, 0.25) is 5.91 Å². The SMILES string of the molecule is COC(=O)C1CCC(=O)N1C(C)c1cc(F)cc(F)c1F. The maximum absolute atomic E-state index is 13.8. The minimum Gasteiger partial charge on any atom is -0.467 e. The van der Waals surface area contributed by atoms with Crippen LogP contribution in [0.1, 0.15) is 31.4 Å². The highest BCUT2D eigenvalue weighted by molar-refractivity contribution is 5.88. The van der Waals surface area contributed by atoms with Crippen molar-refractivity contribution in [3.8, 4) is 0 Å². The van der Waals surface area contributed by atoms with E-state index in [-0.39, 0.29) is 24.3 Å². The zero-order valence-electron chi connectivity index (χ0n) is 11.5. The van der Waals surface area contributed by atoms with Crippen molar-refractivity contribution in [1.82, 2.24) is 4.90 Å². The van der Waals surface area contributed by atoms with Crippen molar-refractivity contribution in [2.45, 2.75) is 31.8 Å². The summed E-state index contributed by atoms with van der Waals surface area (Å²) >= 11 is 0. The number of likely N-dealkylation sites (tertiary alicyclic amines) is 1. The Kier molecular flexibility index (Phi) is 4.20. The van der Waals surface area contributed by atoms with Crippen LogP contribution in [0.15, 0.2) is 12.1 Å². The zero-order chi connectivity index (χ0) is 15.7. The van der Waals surface area contributed by atoms with E-state index in [1.54, 1.807) is 0 Å². The van der Waals surface area contributed by atoms with E-state index in [0.29, 0.717) is 6.07 Å². The van der Waals surface area contributed by atoms with Crippen LogP contribution in [0, 0.1) is 17.5 Å². The topological polar surface area (TPSA) is 46.6 Å². The van der Waals surface area contributed by atoms with Gasteiger partial charge in [0.1, 0.15) is 11.9 Å². The van der Waals surface area contributed by atoms with Crippen molar-refractivity contribution < 1.29 is 27.5 Å². The first kappa shape index (κ1) is 15.3. The molecule has 1 amide bonds. The molecule has 1 aromatic rings. The molecule has 21 heavy (non-hydrogen) atoms. The molecule has 1 fully saturated rings. The fourth-order valence-corrected chi connectivity index (χ4v) is 2.59. The first-order valence-corrected chi connectivity index (χ1v) is 6.40. The van der Waals surface area contributed by atoms with Gasteiger partial charge in [-0.05, 0) is 19.4 Å². The number of halogens is 3. The number of ether oxygens (including phenoxy) is 1. The van der Waals surface area contributed by atoms with Crippen LogP contribution in [0.5, 0.6) is 0 Å². The molecule has 1 heterocycles. The molecule has 0 N–H and O–H groups in total. The average Bonchev–Trinajstić information content (AvgIpc) is 2.83. The number of carbonyl (C=O) groups is 2. The average molecular weight is 301 g/mol. The Hall–Kier alpha value is -2.05. The predicted octanol–water partition coefficient (Wildman–Crippen LogP) is 2.33. The van der Waals surface area contributed by atoms with E-state index in [1.807, 2.05) is 0 Å². The van der Waals surface area contributed by atoms with Gasteiger partial charge in [-0.2, -0.15) is 0 Å². The van der Waals surface area contributed by atoms with E-state index in [0.717, 1.165) is 11.0 Å². The highest BCUT2D eigenvalue weighted by Crippen LogP contribution is 2.33. The monoisotopic (exact) mass is 301 g/mol. The Morgan fingerprint density at radius 1 is 1.38 bits per heavy atom. The first-order valence-electron chi connectivity index (χ1n) is 6.40. The summed E-state index contributed by atoms with van der Waals surface area (Å²) in [4.78, 5) is 24.7. The van der Waals surface area contributed by atoms with Gasteiger partial charge < -0.3 is 9.64 Å². The molecule has 4 nitrogen and oxygen atoms in total. The molecule has 0 saturated carbocycles.